The minimum absolute atomic E-state index is 0.0224. The van der Waals surface area contributed by atoms with Crippen molar-refractivity contribution >= 4 is 11.6 Å². The molecule has 0 saturated heterocycles. The predicted molar refractivity (Wildman–Crippen MR) is 98.9 cm³/mol. The number of nitrogens with one attached hydrogen (secondary N) is 1. The summed E-state index contributed by atoms with van der Waals surface area (Å²) >= 11 is 0. The van der Waals surface area contributed by atoms with Crippen LogP contribution in [0.3, 0.4) is 0 Å². The molecule has 5 nitrogen and oxygen atoms in total. The van der Waals surface area contributed by atoms with E-state index in [-0.39, 0.29) is 17.1 Å². The van der Waals surface area contributed by atoms with Gasteiger partial charge < -0.3 is 10.1 Å². The predicted octanol–water partition coefficient (Wildman–Crippen LogP) is 4.71. The summed E-state index contributed by atoms with van der Waals surface area (Å²) in [6.07, 6.45) is -2.38. The highest BCUT2D eigenvalue weighted by molar-refractivity contribution is 6.05. The third-order valence-corrected chi connectivity index (χ3v) is 4.20. The standard InChI is InChI=1S/C20H18F3N3O2/c1-3-13-7-4-5-10-16(13)24-19(27)18-17(28-2)12-26(25-18)15-9-6-8-14(11-15)20(21,22)23/h4-12H,3H2,1-2H3,(H,24,27). The molecule has 28 heavy (non-hydrogen) atoms. The number of carbonyl (C=O) groups excluding carboxylic acids is 1. The molecule has 0 aliphatic heterocycles. The van der Waals surface area contributed by atoms with Crippen molar-refractivity contribution in [2.45, 2.75) is 19.5 Å². The van der Waals surface area contributed by atoms with E-state index < -0.39 is 17.6 Å². The van der Waals surface area contributed by atoms with E-state index in [0.29, 0.717) is 5.69 Å². The lowest BCUT2D eigenvalue weighted by Crippen LogP contribution is -2.15. The Balaban J connectivity index is 1.94. The lowest BCUT2D eigenvalue weighted by molar-refractivity contribution is -0.137. The number of aromatic nitrogens is 2. The molecule has 3 aromatic rings. The number of aryl methyl sites for hydroxylation is 1. The lowest BCUT2D eigenvalue weighted by atomic mass is 10.1. The first-order valence-corrected chi connectivity index (χ1v) is 8.54. The van der Waals surface area contributed by atoms with Crippen molar-refractivity contribution in [2.24, 2.45) is 0 Å². The van der Waals surface area contributed by atoms with Crippen molar-refractivity contribution in [1.82, 2.24) is 9.78 Å². The zero-order valence-corrected chi connectivity index (χ0v) is 15.2. The summed E-state index contributed by atoms with van der Waals surface area (Å²) in [6.45, 7) is 1.97. The molecule has 2 aromatic carbocycles. The average molecular weight is 389 g/mol. The van der Waals surface area contributed by atoms with Gasteiger partial charge in [-0.05, 0) is 36.2 Å². The molecule has 0 spiro atoms. The third-order valence-electron chi connectivity index (χ3n) is 4.20. The Kier molecular flexibility index (Phi) is 5.39. The first-order chi connectivity index (χ1) is 13.3. The molecule has 0 unspecified atom stereocenters. The van der Waals surface area contributed by atoms with Gasteiger partial charge in [0.1, 0.15) is 0 Å². The zero-order valence-electron chi connectivity index (χ0n) is 15.2. The Hall–Kier alpha value is -3.29. The number of hydrogen-bond donors (Lipinski definition) is 1. The summed E-state index contributed by atoms with van der Waals surface area (Å²) in [5, 5.41) is 6.92. The van der Waals surface area contributed by atoms with E-state index in [1.54, 1.807) is 12.1 Å². The second-order valence-corrected chi connectivity index (χ2v) is 6.00. The number of halogens is 3. The largest absolute Gasteiger partial charge is 0.493 e. The number of rotatable bonds is 5. The van der Waals surface area contributed by atoms with Gasteiger partial charge in [-0.1, -0.05) is 31.2 Å². The van der Waals surface area contributed by atoms with Crippen LogP contribution < -0.4 is 10.1 Å². The summed E-state index contributed by atoms with van der Waals surface area (Å²) in [5.74, 6) is -0.354. The molecule has 3 rings (SSSR count). The number of para-hydroxylation sites is 1. The first kappa shape index (κ1) is 19.5. The van der Waals surface area contributed by atoms with E-state index >= 15 is 0 Å². The van der Waals surface area contributed by atoms with E-state index in [2.05, 4.69) is 10.4 Å². The van der Waals surface area contributed by atoms with Crippen LogP contribution in [-0.4, -0.2) is 22.8 Å². The molecule has 1 heterocycles. The molecule has 0 fully saturated rings. The molecular weight excluding hydrogens is 371 g/mol. The van der Waals surface area contributed by atoms with E-state index in [1.165, 1.54) is 30.1 Å². The summed E-state index contributed by atoms with van der Waals surface area (Å²) in [7, 11) is 1.37. The highest BCUT2D eigenvalue weighted by Crippen LogP contribution is 2.31. The van der Waals surface area contributed by atoms with Gasteiger partial charge in [-0.25, -0.2) is 4.68 Å². The topological polar surface area (TPSA) is 56.2 Å². The average Bonchev–Trinajstić information content (AvgIpc) is 3.12. The maximum Gasteiger partial charge on any atom is 0.416 e. The first-order valence-electron chi connectivity index (χ1n) is 8.54. The fraction of sp³-hybridized carbons (Fsp3) is 0.200. The SMILES string of the molecule is CCc1ccccc1NC(=O)c1nn(-c2cccc(C(F)(F)F)c2)cc1OC. The van der Waals surface area contributed by atoms with Gasteiger partial charge >= 0.3 is 6.18 Å². The molecule has 0 aliphatic carbocycles. The van der Waals surface area contributed by atoms with Gasteiger partial charge in [0.05, 0.1) is 24.6 Å². The molecule has 146 valence electrons. The van der Waals surface area contributed by atoms with Gasteiger partial charge in [0, 0.05) is 5.69 Å². The van der Waals surface area contributed by atoms with Crippen LogP contribution in [0, 0.1) is 0 Å². The number of hydrogen-bond acceptors (Lipinski definition) is 3. The number of benzene rings is 2. The smallest absolute Gasteiger partial charge is 0.416 e. The fourth-order valence-electron chi connectivity index (χ4n) is 2.75. The normalized spacial score (nSPS) is 11.3. The maximum absolute atomic E-state index is 13.0. The summed E-state index contributed by atoms with van der Waals surface area (Å²) < 4.78 is 45.3. The summed E-state index contributed by atoms with van der Waals surface area (Å²) in [4.78, 5) is 12.7. The Bertz CT molecular complexity index is 996. The van der Waals surface area contributed by atoms with E-state index in [0.717, 1.165) is 24.1 Å². The molecule has 0 atom stereocenters. The van der Waals surface area contributed by atoms with Crippen molar-refractivity contribution in [1.29, 1.82) is 0 Å². The Labute approximate surface area is 159 Å². The molecule has 1 N–H and O–H groups in total. The van der Waals surface area contributed by atoms with E-state index in [9.17, 15) is 18.0 Å². The van der Waals surface area contributed by atoms with Crippen LogP contribution in [0.5, 0.6) is 5.75 Å². The number of anilines is 1. The number of methoxy groups -OCH3 is 1. The molecule has 0 radical (unpaired) electrons. The molecular formula is C20H18F3N3O2. The summed E-state index contributed by atoms with van der Waals surface area (Å²) in [5.41, 5.74) is 0.937. The fourth-order valence-corrected chi connectivity index (χ4v) is 2.75. The second kappa shape index (κ2) is 7.75. The van der Waals surface area contributed by atoms with Crippen LogP contribution in [0.1, 0.15) is 28.5 Å². The number of alkyl halides is 3. The lowest BCUT2D eigenvalue weighted by Gasteiger charge is -2.09. The van der Waals surface area contributed by atoms with Gasteiger partial charge in [-0.15, -0.1) is 0 Å². The van der Waals surface area contributed by atoms with E-state index in [4.69, 9.17) is 4.74 Å². The summed E-state index contributed by atoms with van der Waals surface area (Å²) in [6, 6.07) is 12.0. The second-order valence-electron chi connectivity index (χ2n) is 6.00. The zero-order chi connectivity index (χ0) is 20.3. The number of carbonyl (C=O) groups is 1. The Morgan fingerprint density at radius 1 is 1.18 bits per heavy atom. The molecule has 0 saturated carbocycles. The van der Waals surface area contributed by atoms with Crippen LogP contribution in [-0.2, 0) is 12.6 Å². The van der Waals surface area contributed by atoms with Crippen LogP contribution >= 0.6 is 0 Å². The molecule has 1 aromatic heterocycles. The quantitative estimate of drug-likeness (QED) is 0.687. The highest BCUT2D eigenvalue weighted by Gasteiger charge is 2.30. The minimum atomic E-state index is -4.47. The van der Waals surface area contributed by atoms with E-state index in [1.807, 2.05) is 19.1 Å². The van der Waals surface area contributed by atoms with Gasteiger partial charge in [0.2, 0.25) is 0 Å². The molecule has 0 aliphatic rings. The van der Waals surface area contributed by atoms with Crippen LogP contribution in [0.25, 0.3) is 5.69 Å². The maximum atomic E-state index is 13.0. The molecule has 1 amide bonds. The minimum Gasteiger partial charge on any atom is -0.493 e. The van der Waals surface area contributed by atoms with Crippen LogP contribution in [0.2, 0.25) is 0 Å². The highest BCUT2D eigenvalue weighted by atomic mass is 19.4. The Morgan fingerprint density at radius 2 is 1.93 bits per heavy atom. The van der Waals surface area contributed by atoms with Crippen LogP contribution in [0.4, 0.5) is 18.9 Å². The number of nitrogens with zero attached hydrogens (tertiary/aromatic N) is 2. The van der Waals surface area contributed by atoms with Gasteiger partial charge in [0.25, 0.3) is 5.91 Å². The monoisotopic (exact) mass is 389 g/mol. The number of amides is 1. The molecule has 8 heteroatoms. The Morgan fingerprint density at radius 3 is 2.61 bits per heavy atom. The van der Waals surface area contributed by atoms with Crippen LogP contribution in [0.15, 0.2) is 54.7 Å². The van der Waals surface area contributed by atoms with Crippen molar-refractivity contribution in [3.05, 3.63) is 71.5 Å². The van der Waals surface area contributed by atoms with Gasteiger partial charge in [-0.3, -0.25) is 4.79 Å². The third kappa shape index (κ3) is 4.00. The number of ether oxygens (including phenoxy) is 1. The van der Waals surface area contributed by atoms with Crippen molar-refractivity contribution in [3.63, 3.8) is 0 Å². The van der Waals surface area contributed by atoms with Gasteiger partial charge in [-0.2, -0.15) is 18.3 Å². The van der Waals surface area contributed by atoms with Crippen molar-refractivity contribution in [3.8, 4) is 11.4 Å². The van der Waals surface area contributed by atoms with Crippen molar-refractivity contribution in [2.75, 3.05) is 12.4 Å². The van der Waals surface area contributed by atoms with Gasteiger partial charge in [0.15, 0.2) is 11.4 Å². The van der Waals surface area contributed by atoms with Crippen molar-refractivity contribution < 1.29 is 22.7 Å². The molecule has 0 bridgehead atoms.